The number of hydrogen-bond acceptors (Lipinski definition) is 5. The molecule has 5 heteroatoms. The molecule has 1 N–H and O–H groups in total. The zero-order chi connectivity index (χ0) is 16.9. The van der Waals surface area contributed by atoms with Crippen molar-refractivity contribution in [1.82, 2.24) is 0 Å². The predicted molar refractivity (Wildman–Crippen MR) is 88.7 cm³/mol. The van der Waals surface area contributed by atoms with Crippen molar-refractivity contribution in [2.24, 2.45) is 0 Å². The van der Waals surface area contributed by atoms with Crippen molar-refractivity contribution in [2.75, 3.05) is 0 Å². The van der Waals surface area contributed by atoms with E-state index in [4.69, 9.17) is 18.9 Å². The zero-order valence-corrected chi connectivity index (χ0v) is 14.0. The molecule has 2 aliphatic heterocycles. The summed E-state index contributed by atoms with van der Waals surface area (Å²) < 4.78 is 23.9. The van der Waals surface area contributed by atoms with Crippen molar-refractivity contribution in [3.63, 3.8) is 0 Å². The van der Waals surface area contributed by atoms with E-state index in [0.29, 0.717) is 0 Å². The van der Waals surface area contributed by atoms with E-state index < -0.39 is 30.4 Å². The standard InChI is InChI=1S/C19H22O5/c1-11(20)15-16(17-18(22-15)24-19(2,3)23-17)21-14-10-6-8-12-7-4-5-9-13(12)14/h4-11,15-18,20H,1-3H3/t11?,15-,16-,17-,18?/m1/s1. The molecule has 2 saturated heterocycles. The normalized spacial score (nSPS) is 32.7. The smallest absolute Gasteiger partial charge is 0.191 e. The van der Waals surface area contributed by atoms with E-state index in [1.54, 1.807) is 6.92 Å². The van der Waals surface area contributed by atoms with E-state index in [1.807, 2.05) is 56.3 Å². The van der Waals surface area contributed by atoms with Crippen LogP contribution in [-0.2, 0) is 14.2 Å². The minimum Gasteiger partial charge on any atom is -0.484 e. The van der Waals surface area contributed by atoms with Crippen LogP contribution in [0.3, 0.4) is 0 Å². The number of fused-ring (bicyclic) bond motifs is 2. The molecule has 5 atom stereocenters. The van der Waals surface area contributed by atoms with Gasteiger partial charge in [-0.15, -0.1) is 0 Å². The van der Waals surface area contributed by atoms with Gasteiger partial charge in [0.05, 0.1) is 6.10 Å². The highest BCUT2D eigenvalue weighted by molar-refractivity contribution is 5.88. The summed E-state index contributed by atoms with van der Waals surface area (Å²) in [5.41, 5.74) is 0. The number of hydrogen-bond donors (Lipinski definition) is 1. The molecule has 4 rings (SSSR count). The molecule has 0 aromatic heterocycles. The molecule has 0 radical (unpaired) electrons. The lowest BCUT2D eigenvalue weighted by atomic mass is 10.1. The van der Waals surface area contributed by atoms with E-state index in [0.717, 1.165) is 16.5 Å². The van der Waals surface area contributed by atoms with Gasteiger partial charge in [-0.2, -0.15) is 0 Å². The van der Waals surface area contributed by atoms with Gasteiger partial charge in [0, 0.05) is 5.39 Å². The van der Waals surface area contributed by atoms with E-state index >= 15 is 0 Å². The molecular weight excluding hydrogens is 308 g/mol. The van der Waals surface area contributed by atoms with Gasteiger partial charge in [-0.25, -0.2) is 0 Å². The summed E-state index contributed by atoms with van der Waals surface area (Å²) in [4.78, 5) is 0. The second kappa shape index (κ2) is 5.70. The molecule has 5 nitrogen and oxygen atoms in total. The van der Waals surface area contributed by atoms with Crippen LogP contribution in [0.2, 0.25) is 0 Å². The lowest BCUT2D eigenvalue weighted by Crippen LogP contribution is -2.43. The second-order valence-electron chi connectivity index (χ2n) is 6.87. The third-order valence-electron chi connectivity index (χ3n) is 4.52. The van der Waals surface area contributed by atoms with E-state index in [-0.39, 0.29) is 6.10 Å². The molecule has 2 aliphatic rings. The molecule has 2 aromatic carbocycles. The number of aliphatic hydroxyl groups excluding tert-OH is 1. The molecule has 0 bridgehead atoms. The van der Waals surface area contributed by atoms with Gasteiger partial charge in [0.2, 0.25) is 0 Å². The van der Waals surface area contributed by atoms with Crippen LogP contribution in [0, 0.1) is 0 Å². The Morgan fingerprint density at radius 1 is 1.08 bits per heavy atom. The van der Waals surface area contributed by atoms with Crippen LogP contribution < -0.4 is 4.74 Å². The number of benzene rings is 2. The first-order valence-electron chi connectivity index (χ1n) is 8.28. The molecule has 128 valence electrons. The minimum absolute atomic E-state index is 0.376. The highest BCUT2D eigenvalue weighted by Gasteiger charge is 2.57. The van der Waals surface area contributed by atoms with E-state index in [2.05, 4.69) is 0 Å². The van der Waals surface area contributed by atoms with Crippen LogP contribution in [0.4, 0.5) is 0 Å². The first kappa shape index (κ1) is 15.8. The average Bonchev–Trinajstić information content (AvgIpc) is 3.01. The van der Waals surface area contributed by atoms with Crippen molar-refractivity contribution in [3.8, 4) is 5.75 Å². The Kier molecular flexibility index (Phi) is 3.77. The first-order chi connectivity index (χ1) is 11.4. The molecule has 2 aromatic rings. The maximum atomic E-state index is 10.1. The number of aliphatic hydroxyl groups is 1. The van der Waals surface area contributed by atoms with Crippen molar-refractivity contribution in [3.05, 3.63) is 42.5 Å². The summed E-state index contributed by atoms with van der Waals surface area (Å²) in [6, 6.07) is 14.0. The van der Waals surface area contributed by atoms with Crippen LogP contribution in [0.1, 0.15) is 20.8 Å². The summed E-state index contributed by atoms with van der Waals surface area (Å²) >= 11 is 0. The monoisotopic (exact) mass is 330 g/mol. The fraction of sp³-hybridized carbons (Fsp3) is 0.474. The fourth-order valence-electron chi connectivity index (χ4n) is 3.47. The Hall–Kier alpha value is -1.66. The fourth-order valence-corrected chi connectivity index (χ4v) is 3.47. The third kappa shape index (κ3) is 2.67. The van der Waals surface area contributed by atoms with Crippen LogP contribution in [0.25, 0.3) is 10.8 Å². The molecule has 0 aliphatic carbocycles. The van der Waals surface area contributed by atoms with Gasteiger partial charge in [-0.3, -0.25) is 0 Å². The summed E-state index contributed by atoms with van der Waals surface area (Å²) in [7, 11) is 0. The van der Waals surface area contributed by atoms with Crippen molar-refractivity contribution < 1.29 is 24.1 Å². The van der Waals surface area contributed by atoms with Gasteiger partial charge in [0.1, 0.15) is 11.9 Å². The molecule has 0 spiro atoms. The summed E-state index contributed by atoms with van der Waals surface area (Å²) in [6.07, 6.45) is -2.54. The predicted octanol–water partition coefficient (Wildman–Crippen LogP) is 2.84. The summed E-state index contributed by atoms with van der Waals surface area (Å²) in [6.45, 7) is 5.39. The average molecular weight is 330 g/mol. The highest BCUT2D eigenvalue weighted by Crippen LogP contribution is 2.40. The Morgan fingerprint density at radius 2 is 1.83 bits per heavy atom. The zero-order valence-electron chi connectivity index (χ0n) is 14.0. The van der Waals surface area contributed by atoms with Crippen LogP contribution >= 0.6 is 0 Å². The SMILES string of the molecule is CC(O)[C@H]1OC2OC(C)(C)O[C@@H]2[C@@H]1Oc1cccc2ccccc12. The Balaban J connectivity index is 1.67. The molecule has 2 heterocycles. The van der Waals surface area contributed by atoms with Crippen LogP contribution in [-0.4, -0.2) is 41.6 Å². The first-order valence-corrected chi connectivity index (χ1v) is 8.28. The molecule has 0 amide bonds. The minimum atomic E-state index is -0.723. The Bertz CT molecular complexity index is 736. The van der Waals surface area contributed by atoms with Crippen molar-refractivity contribution >= 4 is 10.8 Å². The molecule has 0 saturated carbocycles. The quantitative estimate of drug-likeness (QED) is 0.938. The maximum absolute atomic E-state index is 10.1. The lowest BCUT2D eigenvalue weighted by molar-refractivity contribution is -0.222. The van der Waals surface area contributed by atoms with Gasteiger partial charge >= 0.3 is 0 Å². The largest absolute Gasteiger partial charge is 0.484 e. The van der Waals surface area contributed by atoms with Gasteiger partial charge in [-0.1, -0.05) is 36.4 Å². The van der Waals surface area contributed by atoms with Gasteiger partial charge in [0.25, 0.3) is 0 Å². The highest BCUT2D eigenvalue weighted by atomic mass is 16.8. The second-order valence-corrected chi connectivity index (χ2v) is 6.87. The van der Waals surface area contributed by atoms with Gasteiger partial charge < -0.3 is 24.1 Å². The molecular formula is C19H22O5. The van der Waals surface area contributed by atoms with Crippen LogP contribution in [0.5, 0.6) is 5.75 Å². The van der Waals surface area contributed by atoms with Crippen molar-refractivity contribution in [2.45, 2.75) is 57.3 Å². The lowest BCUT2D eigenvalue weighted by Gasteiger charge is -2.28. The van der Waals surface area contributed by atoms with Gasteiger partial charge in [0.15, 0.2) is 24.3 Å². The maximum Gasteiger partial charge on any atom is 0.191 e. The number of ether oxygens (including phenoxy) is 4. The van der Waals surface area contributed by atoms with Crippen LogP contribution in [0.15, 0.2) is 42.5 Å². The van der Waals surface area contributed by atoms with Gasteiger partial charge in [-0.05, 0) is 32.2 Å². The topological polar surface area (TPSA) is 57.2 Å². The molecule has 24 heavy (non-hydrogen) atoms. The molecule has 2 fully saturated rings. The van der Waals surface area contributed by atoms with Crippen molar-refractivity contribution in [1.29, 1.82) is 0 Å². The summed E-state index contributed by atoms with van der Waals surface area (Å²) in [5.74, 6) is 0.0284. The Labute approximate surface area is 141 Å². The number of rotatable bonds is 3. The van der Waals surface area contributed by atoms with E-state index in [1.165, 1.54) is 0 Å². The third-order valence-corrected chi connectivity index (χ3v) is 4.52. The summed E-state index contributed by atoms with van der Waals surface area (Å²) in [5, 5.41) is 12.2. The molecule has 2 unspecified atom stereocenters. The Morgan fingerprint density at radius 3 is 2.62 bits per heavy atom. The van der Waals surface area contributed by atoms with E-state index in [9.17, 15) is 5.11 Å².